The first-order valence-corrected chi connectivity index (χ1v) is 11.2. The molecule has 1 atom stereocenters. The molecule has 0 aromatic heterocycles. The molecule has 2 aromatic carbocycles. The van der Waals surface area contributed by atoms with Crippen LogP contribution in [0.2, 0.25) is 0 Å². The van der Waals surface area contributed by atoms with E-state index >= 15 is 0 Å². The number of aryl methyl sites for hydroxylation is 1. The number of urea groups is 1. The standard InChI is InChI=1S/C25H31N3O2/c1-19-8-4-6-16-27(19)24(29)18-20-12-14-22(15-13-20)26-25(30)28-17-7-5-10-21-9-2-3-11-23(21)28/h2-3,9,11-15,19H,4-8,10,16-18H2,1H3,(H,26,30). The summed E-state index contributed by atoms with van der Waals surface area (Å²) < 4.78 is 0. The Morgan fingerprint density at radius 3 is 2.53 bits per heavy atom. The lowest BCUT2D eigenvalue weighted by atomic mass is 10.0. The minimum Gasteiger partial charge on any atom is -0.340 e. The Morgan fingerprint density at radius 2 is 1.73 bits per heavy atom. The second-order valence-corrected chi connectivity index (χ2v) is 8.47. The van der Waals surface area contributed by atoms with E-state index in [9.17, 15) is 9.59 Å². The first kappa shape index (κ1) is 20.5. The third-order valence-corrected chi connectivity index (χ3v) is 6.29. The molecule has 0 spiro atoms. The summed E-state index contributed by atoms with van der Waals surface area (Å²) >= 11 is 0. The largest absolute Gasteiger partial charge is 0.340 e. The molecule has 5 heteroatoms. The van der Waals surface area contributed by atoms with E-state index in [1.165, 1.54) is 12.0 Å². The molecule has 2 aliphatic rings. The van der Waals surface area contributed by atoms with Gasteiger partial charge in [0.25, 0.3) is 0 Å². The summed E-state index contributed by atoms with van der Waals surface area (Å²) in [6.45, 7) is 3.73. The van der Waals surface area contributed by atoms with Crippen molar-refractivity contribution in [3.8, 4) is 0 Å². The van der Waals surface area contributed by atoms with Crippen molar-refractivity contribution in [3.63, 3.8) is 0 Å². The number of nitrogens with zero attached hydrogens (tertiary/aromatic N) is 2. The van der Waals surface area contributed by atoms with Gasteiger partial charge in [-0.2, -0.15) is 0 Å². The molecule has 2 aliphatic heterocycles. The van der Waals surface area contributed by atoms with Crippen molar-refractivity contribution < 1.29 is 9.59 Å². The molecule has 0 radical (unpaired) electrons. The van der Waals surface area contributed by atoms with Crippen molar-refractivity contribution in [2.45, 2.75) is 57.9 Å². The zero-order valence-corrected chi connectivity index (χ0v) is 17.8. The highest BCUT2D eigenvalue weighted by Crippen LogP contribution is 2.27. The van der Waals surface area contributed by atoms with Gasteiger partial charge in [0.05, 0.1) is 6.42 Å². The number of nitrogens with one attached hydrogen (secondary N) is 1. The fourth-order valence-electron chi connectivity index (χ4n) is 4.54. The number of piperidine rings is 1. The highest BCUT2D eigenvalue weighted by molar-refractivity contribution is 6.02. The molecule has 3 amide bonds. The first-order valence-electron chi connectivity index (χ1n) is 11.2. The molecule has 0 aliphatic carbocycles. The summed E-state index contributed by atoms with van der Waals surface area (Å²) in [5, 5.41) is 3.02. The molecular formula is C25H31N3O2. The van der Waals surface area contributed by atoms with Gasteiger partial charge in [-0.05, 0) is 74.8 Å². The Labute approximate surface area is 179 Å². The molecule has 1 N–H and O–H groups in total. The van der Waals surface area contributed by atoms with Gasteiger partial charge in [0.1, 0.15) is 0 Å². The lowest BCUT2D eigenvalue weighted by molar-refractivity contribution is -0.133. The highest BCUT2D eigenvalue weighted by atomic mass is 16.2. The second-order valence-electron chi connectivity index (χ2n) is 8.47. The minimum atomic E-state index is -0.102. The number of fused-ring (bicyclic) bond motifs is 1. The number of para-hydroxylation sites is 1. The van der Waals surface area contributed by atoms with Crippen molar-refractivity contribution in [3.05, 3.63) is 59.7 Å². The number of benzene rings is 2. The van der Waals surface area contributed by atoms with Gasteiger partial charge in [0.2, 0.25) is 5.91 Å². The summed E-state index contributed by atoms with van der Waals surface area (Å²) in [4.78, 5) is 29.4. The maximum absolute atomic E-state index is 12.9. The summed E-state index contributed by atoms with van der Waals surface area (Å²) in [5.41, 5.74) is 3.97. The minimum absolute atomic E-state index is 0.102. The van der Waals surface area contributed by atoms with E-state index in [2.05, 4.69) is 18.3 Å². The Balaban J connectivity index is 1.39. The van der Waals surface area contributed by atoms with E-state index in [0.29, 0.717) is 12.5 Å². The molecule has 0 saturated carbocycles. The average molecular weight is 406 g/mol. The van der Waals surface area contributed by atoms with E-state index in [0.717, 1.165) is 62.1 Å². The van der Waals surface area contributed by atoms with Crippen LogP contribution in [0.25, 0.3) is 0 Å². The lowest BCUT2D eigenvalue weighted by Gasteiger charge is -2.33. The molecule has 4 rings (SSSR count). The Bertz CT molecular complexity index is 894. The van der Waals surface area contributed by atoms with Crippen LogP contribution in [-0.4, -0.2) is 36.0 Å². The third kappa shape index (κ3) is 4.66. The third-order valence-electron chi connectivity index (χ3n) is 6.29. The SMILES string of the molecule is CC1CCCCN1C(=O)Cc1ccc(NC(=O)N2CCCCc3ccccc32)cc1. The molecule has 0 bridgehead atoms. The number of hydrogen-bond donors (Lipinski definition) is 1. The summed E-state index contributed by atoms with van der Waals surface area (Å²) in [7, 11) is 0. The van der Waals surface area contributed by atoms with Gasteiger partial charge in [-0.25, -0.2) is 4.79 Å². The van der Waals surface area contributed by atoms with Crippen LogP contribution in [0.3, 0.4) is 0 Å². The van der Waals surface area contributed by atoms with Crippen LogP contribution in [0.5, 0.6) is 0 Å². The van der Waals surface area contributed by atoms with E-state index in [1.807, 2.05) is 52.3 Å². The second kappa shape index (κ2) is 9.33. The number of rotatable bonds is 3. The molecule has 2 heterocycles. The Hall–Kier alpha value is -2.82. The highest BCUT2D eigenvalue weighted by Gasteiger charge is 2.23. The molecular weight excluding hydrogens is 374 g/mol. The number of carbonyl (C=O) groups is 2. The maximum Gasteiger partial charge on any atom is 0.326 e. The Morgan fingerprint density at radius 1 is 0.967 bits per heavy atom. The van der Waals surface area contributed by atoms with Crippen LogP contribution in [0.4, 0.5) is 16.2 Å². The predicted molar refractivity (Wildman–Crippen MR) is 121 cm³/mol. The van der Waals surface area contributed by atoms with E-state index in [-0.39, 0.29) is 11.9 Å². The van der Waals surface area contributed by atoms with Crippen LogP contribution < -0.4 is 10.2 Å². The molecule has 5 nitrogen and oxygen atoms in total. The van der Waals surface area contributed by atoms with Crippen molar-refractivity contribution in [2.75, 3.05) is 23.3 Å². The van der Waals surface area contributed by atoms with E-state index < -0.39 is 0 Å². The van der Waals surface area contributed by atoms with Gasteiger partial charge in [0.15, 0.2) is 0 Å². The number of likely N-dealkylation sites (tertiary alicyclic amines) is 1. The average Bonchev–Trinajstić information content (AvgIpc) is 2.98. The maximum atomic E-state index is 12.9. The fourth-order valence-corrected chi connectivity index (χ4v) is 4.54. The van der Waals surface area contributed by atoms with Gasteiger partial charge in [-0.3, -0.25) is 9.69 Å². The number of hydrogen-bond acceptors (Lipinski definition) is 2. The van der Waals surface area contributed by atoms with Crippen LogP contribution in [-0.2, 0) is 17.6 Å². The van der Waals surface area contributed by atoms with Crippen molar-refractivity contribution in [1.82, 2.24) is 4.90 Å². The van der Waals surface area contributed by atoms with Gasteiger partial charge < -0.3 is 10.2 Å². The molecule has 2 aromatic rings. The number of amides is 3. The smallest absolute Gasteiger partial charge is 0.326 e. The number of anilines is 2. The summed E-state index contributed by atoms with van der Waals surface area (Å²) in [5.74, 6) is 0.195. The van der Waals surface area contributed by atoms with Gasteiger partial charge in [0, 0.05) is 30.5 Å². The fraction of sp³-hybridized carbons (Fsp3) is 0.440. The zero-order chi connectivity index (χ0) is 20.9. The van der Waals surface area contributed by atoms with Crippen LogP contribution in [0, 0.1) is 0 Å². The monoisotopic (exact) mass is 405 g/mol. The van der Waals surface area contributed by atoms with Gasteiger partial charge >= 0.3 is 6.03 Å². The predicted octanol–water partition coefficient (Wildman–Crippen LogP) is 5.00. The quantitative estimate of drug-likeness (QED) is 0.781. The molecule has 30 heavy (non-hydrogen) atoms. The number of carbonyl (C=O) groups excluding carboxylic acids is 2. The van der Waals surface area contributed by atoms with Gasteiger partial charge in [-0.1, -0.05) is 30.3 Å². The summed E-state index contributed by atoms with van der Waals surface area (Å²) in [6.07, 6.45) is 6.92. The van der Waals surface area contributed by atoms with Crippen molar-refractivity contribution in [1.29, 1.82) is 0 Å². The normalized spacial score (nSPS) is 19.0. The van der Waals surface area contributed by atoms with E-state index in [1.54, 1.807) is 0 Å². The topological polar surface area (TPSA) is 52.7 Å². The van der Waals surface area contributed by atoms with Crippen LogP contribution in [0.15, 0.2) is 48.5 Å². The van der Waals surface area contributed by atoms with Crippen LogP contribution in [0.1, 0.15) is 50.2 Å². The lowest BCUT2D eigenvalue weighted by Crippen LogP contribution is -2.42. The van der Waals surface area contributed by atoms with Gasteiger partial charge in [-0.15, -0.1) is 0 Å². The zero-order valence-electron chi connectivity index (χ0n) is 17.8. The molecule has 158 valence electrons. The summed E-state index contributed by atoms with van der Waals surface area (Å²) in [6, 6.07) is 16.1. The molecule has 1 saturated heterocycles. The van der Waals surface area contributed by atoms with E-state index in [4.69, 9.17) is 0 Å². The Kier molecular flexibility index (Phi) is 6.36. The molecule has 1 unspecified atom stereocenters. The van der Waals surface area contributed by atoms with Crippen molar-refractivity contribution in [2.24, 2.45) is 0 Å². The van der Waals surface area contributed by atoms with Crippen LogP contribution >= 0.6 is 0 Å². The molecule has 1 fully saturated rings. The van der Waals surface area contributed by atoms with Crippen molar-refractivity contribution >= 4 is 23.3 Å². The first-order chi connectivity index (χ1) is 14.6.